The molecular formula is C21H27N3O2. The van der Waals surface area contributed by atoms with Crippen molar-refractivity contribution in [1.82, 2.24) is 15.0 Å². The number of amides is 1. The van der Waals surface area contributed by atoms with Gasteiger partial charge in [0, 0.05) is 37.7 Å². The molecule has 5 nitrogen and oxygen atoms in total. The van der Waals surface area contributed by atoms with Crippen LogP contribution in [-0.4, -0.2) is 47.0 Å². The number of rotatable bonds is 4. The molecule has 1 aromatic heterocycles. The lowest BCUT2D eigenvalue weighted by molar-refractivity contribution is 0.0591. The Morgan fingerprint density at radius 3 is 2.88 bits per heavy atom. The van der Waals surface area contributed by atoms with E-state index in [9.17, 15) is 4.79 Å². The van der Waals surface area contributed by atoms with Crippen LogP contribution in [0, 0.1) is 0 Å². The van der Waals surface area contributed by atoms with Crippen molar-refractivity contribution in [3.8, 4) is 0 Å². The molecule has 1 atom stereocenters. The maximum absolute atomic E-state index is 13.0. The maximum atomic E-state index is 13.0. The predicted molar refractivity (Wildman–Crippen MR) is 100.0 cm³/mol. The van der Waals surface area contributed by atoms with Crippen LogP contribution in [0.4, 0.5) is 0 Å². The van der Waals surface area contributed by atoms with Gasteiger partial charge in [0.25, 0.3) is 5.91 Å². The summed E-state index contributed by atoms with van der Waals surface area (Å²) in [6, 6.07) is 10.9. The second kappa shape index (κ2) is 7.62. The van der Waals surface area contributed by atoms with Crippen LogP contribution in [0.2, 0.25) is 0 Å². The zero-order valence-corrected chi connectivity index (χ0v) is 15.5. The van der Waals surface area contributed by atoms with E-state index >= 15 is 0 Å². The van der Waals surface area contributed by atoms with E-state index in [1.54, 1.807) is 0 Å². The molecule has 1 fully saturated rings. The number of nitrogens with zero attached hydrogens (tertiary/aromatic N) is 3. The van der Waals surface area contributed by atoms with Crippen molar-refractivity contribution in [2.75, 3.05) is 20.1 Å². The standard InChI is InChI=1S/C21H27N3O2/c1-23(14-16-8-3-2-4-9-16)17-10-7-13-24(15-17)21(25)20-18-11-5-6-12-19(18)26-22-20/h2-4,8-9,17H,5-7,10-15H2,1H3/t17-/m1/s1. The van der Waals surface area contributed by atoms with Gasteiger partial charge in [-0.3, -0.25) is 9.69 Å². The molecule has 26 heavy (non-hydrogen) atoms. The van der Waals surface area contributed by atoms with Gasteiger partial charge in [0.1, 0.15) is 5.76 Å². The second-order valence-electron chi connectivity index (χ2n) is 7.59. The lowest BCUT2D eigenvalue weighted by atomic mass is 9.95. The van der Waals surface area contributed by atoms with E-state index in [-0.39, 0.29) is 5.91 Å². The van der Waals surface area contributed by atoms with Gasteiger partial charge in [-0.2, -0.15) is 0 Å². The zero-order valence-electron chi connectivity index (χ0n) is 15.5. The summed E-state index contributed by atoms with van der Waals surface area (Å²) in [5.41, 5.74) is 2.93. The van der Waals surface area contributed by atoms with Gasteiger partial charge in [-0.05, 0) is 44.7 Å². The van der Waals surface area contributed by atoms with Gasteiger partial charge in [0.2, 0.25) is 0 Å². The fraction of sp³-hybridized carbons (Fsp3) is 0.524. The van der Waals surface area contributed by atoms with E-state index < -0.39 is 0 Å². The third-order valence-corrected chi connectivity index (χ3v) is 5.73. The van der Waals surface area contributed by atoms with Crippen LogP contribution in [0.15, 0.2) is 34.9 Å². The molecule has 2 aromatic rings. The number of aromatic nitrogens is 1. The molecule has 0 N–H and O–H groups in total. The first-order valence-electron chi connectivity index (χ1n) is 9.73. The number of hydrogen-bond acceptors (Lipinski definition) is 4. The van der Waals surface area contributed by atoms with Crippen LogP contribution in [0.5, 0.6) is 0 Å². The highest BCUT2D eigenvalue weighted by atomic mass is 16.5. The molecule has 0 saturated carbocycles. The summed E-state index contributed by atoms with van der Waals surface area (Å²) in [6.45, 7) is 2.49. The monoisotopic (exact) mass is 353 g/mol. The highest BCUT2D eigenvalue weighted by Crippen LogP contribution is 2.26. The largest absolute Gasteiger partial charge is 0.360 e. The molecule has 0 unspecified atom stereocenters. The van der Waals surface area contributed by atoms with E-state index in [1.165, 1.54) is 5.56 Å². The predicted octanol–water partition coefficient (Wildman–Crippen LogP) is 3.29. The lowest BCUT2D eigenvalue weighted by Crippen LogP contribution is -2.48. The van der Waals surface area contributed by atoms with E-state index in [0.29, 0.717) is 11.7 Å². The first-order valence-corrected chi connectivity index (χ1v) is 9.73. The van der Waals surface area contributed by atoms with E-state index in [1.807, 2.05) is 11.0 Å². The van der Waals surface area contributed by atoms with Crippen LogP contribution in [0.1, 0.15) is 53.1 Å². The lowest BCUT2D eigenvalue weighted by Gasteiger charge is -2.37. The first kappa shape index (κ1) is 17.3. The molecule has 1 amide bonds. The summed E-state index contributed by atoms with van der Waals surface area (Å²) in [7, 11) is 2.16. The average Bonchev–Trinajstić information content (AvgIpc) is 3.12. The number of aryl methyl sites for hydroxylation is 1. The normalized spacial score (nSPS) is 20.2. The van der Waals surface area contributed by atoms with Crippen LogP contribution in [0.25, 0.3) is 0 Å². The zero-order chi connectivity index (χ0) is 17.9. The number of piperidine rings is 1. The molecule has 5 heteroatoms. The Hall–Kier alpha value is -2.14. The third kappa shape index (κ3) is 3.54. The van der Waals surface area contributed by atoms with Gasteiger partial charge >= 0.3 is 0 Å². The van der Waals surface area contributed by atoms with Gasteiger partial charge in [0.05, 0.1) is 0 Å². The molecule has 0 spiro atoms. The number of hydrogen-bond donors (Lipinski definition) is 0. The maximum Gasteiger partial charge on any atom is 0.276 e. The van der Waals surface area contributed by atoms with E-state index in [4.69, 9.17) is 4.52 Å². The van der Waals surface area contributed by atoms with E-state index in [0.717, 1.165) is 69.5 Å². The molecule has 2 aliphatic rings. The molecule has 1 aliphatic carbocycles. The van der Waals surface area contributed by atoms with Gasteiger partial charge in [-0.1, -0.05) is 35.5 Å². The summed E-state index contributed by atoms with van der Waals surface area (Å²) in [5, 5.41) is 4.13. The van der Waals surface area contributed by atoms with Crippen LogP contribution >= 0.6 is 0 Å². The molecule has 0 bridgehead atoms. The number of carbonyl (C=O) groups is 1. The fourth-order valence-electron chi connectivity index (χ4n) is 4.20. The molecule has 1 aromatic carbocycles. The Balaban J connectivity index is 1.43. The average molecular weight is 353 g/mol. The number of likely N-dealkylation sites (tertiary alicyclic amines) is 1. The molecule has 1 saturated heterocycles. The van der Waals surface area contributed by atoms with Crippen LogP contribution in [-0.2, 0) is 19.4 Å². The minimum atomic E-state index is 0.0507. The molecule has 0 radical (unpaired) electrons. The summed E-state index contributed by atoms with van der Waals surface area (Å²) in [4.78, 5) is 17.4. The van der Waals surface area contributed by atoms with Crippen molar-refractivity contribution in [3.63, 3.8) is 0 Å². The number of carbonyl (C=O) groups excluding carboxylic acids is 1. The van der Waals surface area contributed by atoms with Gasteiger partial charge < -0.3 is 9.42 Å². The molecule has 138 valence electrons. The van der Waals surface area contributed by atoms with Crippen molar-refractivity contribution in [1.29, 1.82) is 0 Å². The second-order valence-corrected chi connectivity index (χ2v) is 7.59. The minimum absolute atomic E-state index is 0.0507. The summed E-state index contributed by atoms with van der Waals surface area (Å²) in [5.74, 6) is 0.976. The van der Waals surface area contributed by atoms with Crippen LogP contribution in [0.3, 0.4) is 0 Å². The Kier molecular flexibility index (Phi) is 5.07. The van der Waals surface area contributed by atoms with Crippen molar-refractivity contribution in [3.05, 3.63) is 52.9 Å². The highest BCUT2D eigenvalue weighted by molar-refractivity contribution is 5.94. The molecule has 1 aliphatic heterocycles. The van der Waals surface area contributed by atoms with Gasteiger partial charge in [-0.15, -0.1) is 0 Å². The van der Waals surface area contributed by atoms with Gasteiger partial charge in [0.15, 0.2) is 5.69 Å². The third-order valence-electron chi connectivity index (χ3n) is 5.73. The fourth-order valence-corrected chi connectivity index (χ4v) is 4.20. The van der Waals surface area contributed by atoms with Crippen molar-refractivity contribution >= 4 is 5.91 Å². The summed E-state index contributed by atoms with van der Waals surface area (Å²) < 4.78 is 5.44. The Morgan fingerprint density at radius 2 is 2.04 bits per heavy atom. The summed E-state index contributed by atoms with van der Waals surface area (Å²) >= 11 is 0. The Labute approximate surface area is 155 Å². The number of fused-ring (bicyclic) bond motifs is 1. The Bertz CT molecular complexity index is 756. The smallest absolute Gasteiger partial charge is 0.276 e. The minimum Gasteiger partial charge on any atom is -0.360 e. The quantitative estimate of drug-likeness (QED) is 0.846. The molecular weight excluding hydrogens is 326 g/mol. The number of likely N-dealkylation sites (N-methyl/N-ethyl adjacent to an activating group) is 1. The SMILES string of the molecule is CN(Cc1ccccc1)[C@@H]1CCCN(C(=O)c2noc3c2CCCC3)C1. The Morgan fingerprint density at radius 1 is 1.23 bits per heavy atom. The highest BCUT2D eigenvalue weighted by Gasteiger charge is 2.31. The first-order chi connectivity index (χ1) is 12.7. The van der Waals surface area contributed by atoms with E-state index in [2.05, 4.69) is 41.4 Å². The van der Waals surface area contributed by atoms with Crippen molar-refractivity contribution < 1.29 is 9.32 Å². The van der Waals surface area contributed by atoms with Crippen molar-refractivity contribution in [2.24, 2.45) is 0 Å². The van der Waals surface area contributed by atoms with Gasteiger partial charge in [-0.25, -0.2) is 0 Å². The van der Waals surface area contributed by atoms with Crippen molar-refractivity contribution in [2.45, 2.75) is 51.1 Å². The van der Waals surface area contributed by atoms with Crippen LogP contribution < -0.4 is 0 Å². The molecule has 2 heterocycles. The topological polar surface area (TPSA) is 49.6 Å². The summed E-state index contributed by atoms with van der Waals surface area (Å²) in [6.07, 6.45) is 6.26. The number of benzene rings is 1. The molecule has 4 rings (SSSR count).